The summed E-state index contributed by atoms with van der Waals surface area (Å²) in [5.41, 5.74) is 0.698. The Morgan fingerprint density at radius 1 is 1.14 bits per heavy atom. The van der Waals surface area contributed by atoms with Gasteiger partial charge >= 0.3 is 0 Å². The molecule has 0 bridgehead atoms. The van der Waals surface area contributed by atoms with Crippen molar-refractivity contribution in [3.63, 3.8) is 0 Å². The molecule has 2 rings (SSSR count). The van der Waals surface area contributed by atoms with Crippen LogP contribution in [0.15, 0.2) is 41.6 Å². The molecular formula is C14H17N3O3S. The van der Waals surface area contributed by atoms with E-state index in [1.165, 1.54) is 18.4 Å². The fraction of sp³-hybridized carbons (Fsp3) is 0.286. The molecule has 1 heterocycles. The monoisotopic (exact) mass is 307 g/mol. The molecule has 0 aliphatic rings. The van der Waals surface area contributed by atoms with Crippen molar-refractivity contribution in [2.24, 2.45) is 0 Å². The number of anilines is 1. The maximum Gasteiger partial charge on any atom is 0.175 e. The van der Waals surface area contributed by atoms with Gasteiger partial charge in [-0.2, -0.15) is 0 Å². The van der Waals surface area contributed by atoms with Crippen LogP contribution in [0.1, 0.15) is 12.6 Å². The number of aromatic nitrogens is 2. The molecule has 0 saturated heterocycles. The van der Waals surface area contributed by atoms with Gasteiger partial charge in [-0.1, -0.05) is 0 Å². The quantitative estimate of drug-likeness (QED) is 0.877. The zero-order valence-corrected chi connectivity index (χ0v) is 12.7. The Morgan fingerprint density at radius 2 is 1.86 bits per heavy atom. The number of rotatable bonds is 6. The van der Waals surface area contributed by atoms with Crippen molar-refractivity contribution in [2.45, 2.75) is 18.4 Å². The molecule has 0 amide bonds. The summed E-state index contributed by atoms with van der Waals surface area (Å²) in [7, 11) is -3.18. The van der Waals surface area contributed by atoms with Crippen molar-refractivity contribution >= 4 is 15.7 Å². The Balaban J connectivity index is 1.96. The largest absolute Gasteiger partial charge is 0.487 e. The summed E-state index contributed by atoms with van der Waals surface area (Å²) >= 11 is 0. The molecule has 0 atom stereocenters. The predicted octanol–water partition coefficient (Wildman–Crippen LogP) is 1.89. The van der Waals surface area contributed by atoms with E-state index >= 15 is 0 Å². The van der Waals surface area contributed by atoms with Crippen molar-refractivity contribution in [3.05, 3.63) is 42.4 Å². The highest BCUT2D eigenvalue weighted by Crippen LogP contribution is 2.16. The van der Waals surface area contributed by atoms with Crippen LogP contribution in [0.25, 0.3) is 0 Å². The molecule has 2 aromatic rings. The van der Waals surface area contributed by atoms with Crippen LogP contribution in [0.3, 0.4) is 0 Å². The summed E-state index contributed by atoms with van der Waals surface area (Å²) in [6.07, 6.45) is 4.46. The van der Waals surface area contributed by atoms with Gasteiger partial charge < -0.3 is 10.1 Å². The zero-order chi connectivity index (χ0) is 15.3. The number of nitrogens with zero attached hydrogens (tertiary/aromatic N) is 2. The molecule has 0 aliphatic carbocycles. The molecular weight excluding hydrogens is 290 g/mol. The Labute approximate surface area is 124 Å². The first-order valence-electron chi connectivity index (χ1n) is 6.47. The lowest BCUT2D eigenvalue weighted by Crippen LogP contribution is -2.03. The van der Waals surface area contributed by atoms with Crippen LogP contribution >= 0.6 is 0 Å². The third-order valence-electron chi connectivity index (χ3n) is 2.70. The van der Waals surface area contributed by atoms with Gasteiger partial charge in [-0.05, 0) is 31.2 Å². The summed E-state index contributed by atoms with van der Waals surface area (Å²) in [6, 6.07) is 6.28. The number of nitrogens with one attached hydrogen (secondary N) is 1. The number of hydrogen-bond donors (Lipinski definition) is 1. The lowest BCUT2D eigenvalue weighted by molar-refractivity contribution is 0.300. The Bertz CT molecular complexity index is 682. The summed E-state index contributed by atoms with van der Waals surface area (Å²) in [6.45, 7) is 3.05. The summed E-state index contributed by atoms with van der Waals surface area (Å²) in [4.78, 5) is 8.69. The molecule has 0 radical (unpaired) electrons. The Kier molecular flexibility index (Phi) is 4.74. The minimum Gasteiger partial charge on any atom is -0.487 e. The van der Waals surface area contributed by atoms with Crippen LogP contribution in [0.4, 0.5) is 5.82 Å². The second-order valence-corrected chi connectivity index (χ2v) is 6.47. The minimum atomic E-state index is -3.18. The highest BCUT2D eigenvalue weighted by Gasteiger charge is 2.06. The van der Waals surface area contributed by atoms with Crippen LogP contribution in [0, 0.1) is 0 Å². The predicted molar refractivity (Wildman–Crippen MR) is 80.1 cm³/mol. The van der Waals surface area contributed by atoms with Gasteiger partial charge in [0.15, 0.2) is 9.84 Å². The summed E-state index contributed by atoms with van der Waals surface area (Å²) in [5, 5.41) is 3.06. The lowest BCUT2D eigenvalue weighted by Gasteiger charge is -2.07. The van der Waals surface area contributed by atoms with E-state index in [0.29, 0.717) is 11.4 Å². The average Bonchev–Trinajstić information content (AvgIpc) is 2.46. The van der Waals surface area contributed by atoms with Crippen LogP contribution in [0.2, 0.25) is 0 Å². The van der Waals surface area contributed by atoms with Crippen molar-refractivity contribution in [2.75, 3.05) is 18.1 Å². The average molecular weight is 307 g/mol. The standard InChI is InChI=1S/C14H17N3O3S/c1-3-15-14-9-16-11(8-17-14)10-20-12-4-6-13(7-5-12)21(2,18)19/h4-9H,3,10H2,1-2H3,(H,15,17). The number of hydrogen-bond acceptors (Lipinski definition) is 6. The topological polar surface area (TPSA) is 81.2 Å². The van der Waals surface area contributed by atoms with Crippen LogP contribution in [-0.4, -0.2) is 31.2 Å². The highest BCUT2D eigenvalue weighted by molar-refractivity contribution is 7.90. The highest BCUT2D eigenvalue weighted by atomic mass is 32.2. The molecule has 0 aliphatic heterocycles. The van der Waals surface area contributed by atoms with Gasteiger partial charge in [0.05, 0.1) is 23.0 Å². The van der Waals surface area contributed by atoms with Gasteiger partial charge in [-0.15, -0.1) is 0 Å². The van der Waals surface area contributed by atoms with E-state index in [2.05, 4.69) is 15.3 Å². The smallest absolute Gasteiger partial charge is 0.175 e. The summed E-state index contributed by atoms with van der Waals surface area (Å²) < 4.78 is 28.2. The minimum absolute atomic E-state index is 0.268. The fourth-order valence-corrected chi connectivity index (χ4v) is 2.27. The number of sulfone groups is 1. The number of ether oxygens (including phenoxy) is 1. The van der Waals surface area contributed by atoms with Crippen molar-refractivity contribution < 1.29 is 13.2 Å². The van der Waals surface area contributed by atoms with Gasteiger partial charge in [0.25, 0.3) is 0 Å². The molecule has 0 saturated carbocycles. The third-order valence-corrected chi connectivity index (χ3v) is 3.83. The van der Waals surface area contributed by atoms with Crippen molar-refractivity contribution in [1.29, 1.82) is 0 Å². The van der Waals surface area contributed by atoms with E-state index in [9.17, 15) is 8.42 Å². The maximum absolute atomic E-state index is 11.3. The molecule has 1 aromatic heterocycles. The van der Waals surface area contributed by atoms with E-state index in [1.807, 2.05) is 6.92 Å². The third kappa shape index (κ3) is 4.42. The van der Waals surface area contributed by atoms with E-state index in [4.69, 9.17) is 4.74 Å². The van der Waals surface area contributed by atoms with Crippen LogP contribution in [0.5, 0.6) is 5.75 Å². The van der Waals surface area contributed by atoms with Gasteiger partial charge in [0, 0.05) is 12.8 Å². The normalized spacial score (nSPS) is 11.1. The van der Waals surface area contributed by atoms with E-state index in [1.54, 1.807) is 24.5 Å². The van der Waals surface area contributed by atoms with Gasteiger partial charge in [-0.3, -0.25) is 4.98 Å². The zero-order valence-electron chi connectivity index (χ0n) is 11.9. The first-order chi connectivity index (χ1) is 9.99. The van der Waals surface area contributed by atoms with Crippen LogP contribution < -0.4 is 10.1 Å². The SMILES string of the molecule is CCNc1cnc(COc2ccc(S(C)(=O)=O)cc2)cn1. The molecule has 0 spiro atoms. The van der Waals surface area contributed by atoms with Crippen LogP contribution in [-0.2, 0) is 16.4 Å². The molecule has 7 heteroatoms. The van der Waals surface area contributed by atoms with Gasteiger partial charge in [0.1, 0.15) is 18.2 Å². The molecule has 6 nitrogen and oxygen atoms in total. The second kappa shape index (κ2) is 6.53. The van der Waals surface area contributed by atoms with Crippen molar-refractivity contribution in [3.8, 4) is 5.75 Å². The Hall–Kier alpha value is -2.15. The fourth-order valence-electron chi connectivity index (χ4n) is 1.64. The first kappa shape index (κ1) is 15.2. The summed E-state index contributed by atoms with van der Waals surface area (Å²) in [5.74, 6) is 1.30. The lowest BCUT2D eigenvalue weighted by atomic mass is 10.3. The number of benzene rings is 1. The molecule has 0 fully saturated rings. The second-order valence-electron chi connectivity index (χ2n) is 4.46. The molecule has 112 valence electrons. The molecule has 0 unspecified atom stereocenters. The molecule has 1 N–H and O–H groups in total. The van der Waals surface area contributed by atoms with E-state index in [-0.39, 0.29) is 11.5 Å². The Morgan fingerprint density at radius 3 is 2.38 bits per heavy atom. The molecule has 21 heavy (non-hydrogen) atoms. The maximum atomic E-state index is 11.3. The van der Waals surface area contributed by atoms with E-state index in [0.717, 1.165) is 12.4 Å². The van der Waals surface area contributed by atoms with Gasteiger partial charge in [-0.25, -0.2) is 13.4 Å². The van der Waals surface area contributed by atoms with Crippen molar-refractivity contribution in [1.82, 2.24) is 9.97 Å². The molecule has 1 aromatic carbocycles. The van der Waals surface area contributed by atoms with Gasteiger partial charge in [0.2, 0.25) is 0 Å². The first-order valence-corrected chi connectivity index (χ1v) is 8.36. The van der Waals surface area contributed by atoms with E-state index < -0.39 is 9.84 Å².